The molecule has 0 atom stereocenters. The third-order valence-corrected chi connectivity index (χ3v) is 14.3. The summed E-state index contributed by atoms with van der Waals surface area (Å²) in [6.45, 7) is 14.3. The first-order valence-corrected chi connectivity index (χ1v) is 20.8. The molecule has 1 nitrogen and oxygen atoms in total. The average molecular weight is 745 g/mol. The monoisotopic (exact) mass is 744 g/mol. The number of hydrogen-bond donors (Lipinski definition) is 0. The van der Waals surface area contributed by atoms with Gasteiger partial charge in [-0.05, 0) is 142 Å². The van der Waals surface area contributed by atoms with Gasteiger partial charge in [0.1, 0.15) is 11.5 Å². The molecule has 8 aromatic carbocycles. The quantitative estimate of drug-likeness (QED) is 0.176. The van der Waals surface area contributed by atoms with Crippen LogP contribution in [-0.4, -0.2) is 0 Å². The van der Waals surface area contributed by atoms with E-state index in [4.69, 9.17) is 4.42 Å². The van der Waals surface area contributed by atoms with Gasteiger partial charge in [0, 0.05) is 27.4 Å². The minimum atomic E-state index is -0.172. The molecule has 3 aliphatic carbocycles. The summed E-state index contributed by atoms with van der Waals surface area (Å²) in [7, 11) is 0. The van der Waals surface area contributed by atoms with Crippen molar-refractivity contribution in [2.24, 2.45) is 0 Å². The summed E-state index contributed by atoms with van der Waals surface area (Å²) in [5, 5.41) is 5.25. The lowest BCUT2D eigenvalue weighted by molar-refractivity contribution is 0.596. The maximum absolute atomic E-state index is 6.79. The van der Waals surface area contributed by atoms with E-state index in [-0.39, 0.29) is 16.2 Å². The summed E-state index contributed by atoms with van der Waals surface area (Å²) in [5.74, 6) is 1.79. The minimum Gasteiger partial charge on any atom is -0.456 e. The molecule has 1 heterocycles. The van der Waals surface area contributed by atoms with Crippen LogP contribution in [0.5, 0.6) is 0 Å². The van der Waals surface area contributed by atoms with Crippen molar-refractivity contribution in [3.05, 3.63) is 191 Å². The Morgan fingerprint density at radius 3 is 1.57 bits per heavy atom. The number of furan rings is 1. The van der Waals surface area contributed by atoms with Gasteiger partial charge in [-0.1, -0.05) is 157 Å². The molecule has 0 saturated heterocycles. The van der Waals surface area contributed by atoms with Gasteiger partial charge in [-0.3, -0.25) is 0 Å². The van der Waals surface area contributed by atoms with E-state index >= 15 is 0 Å². The van der Waals surface area contributed by atoms with E-state index in [1.54, 1.807) is 0 Å². The lowest BCUT2D eigenvalue weighted by Crippen LogP contribution is -2.17. The van der Waals surface area contributed by atoms with Crippen molar-refractivity contribution < 1.29 is 4.42 Å². The van der Waals surface area contributed by atoms with Gasteiger partial charge in [-0.25, -0.2) is 0 Å². The standard InChI is InChI=1S/C57H44O/c1-55(2)45-25-22-34-16-10-11-17-37(34)53(45)44-32-48-43(31-49(44)55)39-23-20-35(28-46(39)56(48,3)4)51-26-27-52(58-51)36-21-24-41-47(29-36)57(5,6)50-30-42(33-14-8-7-9-15-33)38-18-12-13-19-40(38)54(41)50/h7-32H,1-6H3. The highest BCUT2D eigenvalue weighted by Gasteiger charge is 2.43. The van der Waals surface area contributed by atoms with E-state index < -0.39 is 0 Å². The maximum atomic E-state index is 6.79. The third-order valence-electron chi connectivity index (χ3n) is 14.3. The predicted octanol–water partition coefficient (Wildman–Crippen LogP) is 15.5. The molecule has 0 amide bonds. The summed E-state index contributed by atoms with van der Waals surface area (Å²) in [5.41, 5.74) is 20.9. The van der Waals surface area contributed by atoms with Crippen molar-refractivity contribution in [1.29, 1.82) is 0 Å². The molecule has 0 spiro atoms. The van der Waals surface area contributed by atoms with Crippen LogP contribution in [0, 0.1) is 0 Å². The molecule has 0 radical (unpaired) electrons. The fourth-order valence-corrected chi connectivity index (χ4v) is 11.1. The highest BCUT2D eigenvalue weighted by atomic mass is 16.3. The van der Waals surface area contributed by atoms with Crippen LogP contribution >= 0.6 is 0 Å². The second kappa shape index (κ2) is 11.4. The Bertz CT molecular complexity index is 3240. The van der Waals surface area contributed by atoms with Crippen LogP contribution < -0.4 is 0 Å². The fourth-order valence-electron chi connectivity index (χ4n) is 11.1. The van der Waals surface area contributed by atoms with Gasteiger partial charge in [-0.2, -0.15) is 0 Å². The normalized spacial score (nSPS) is 15.8. The smallest absolute Gasteiger partial charge is 0.134 e. The van der Waals surface area contributed by atoms with E-state index in [2.05, 4.69) is 199 Å². The molecule has 0 N–H and O–H groups in total. The van der Waals surface area contributed by atoms with E-state index in [1.165, 1.54) is 99.4 Å². The van der Waals surface area contributed by atoms with Crippen molar-refractivity contribution in [2.75, 3.05) is 0 Å². The van der Waals surface area contributed by atoms with Gasteiger partial charge >= 0.3 is 0 Å². The van der Waals surface area contributed by atoms with Gasteiger partial charge in [0.15, 0.2) is 0 Å². The molecule has 58 heavy (non-hydrogen) atoms. The van der Waals surface area contributed by atoms with Crippen molar-refractivity contribution >= 4 is 21.5 Å². The van der Waals surface area contributed by atoms with Gasteiger partial charge in [0.25, 0.3) is 0 Å². The lowest BCUT2D eigenvalue weighted by atomic mass is 9.79. The Morgan fingerprint density at radius 2 is 0.828 bits per heavy atom. The Kier molecular flexibility index (Phi) is 6.60. The second-order valence-electron chi connectivity index (χ2n) is 18.5. The molecule has 278 valence electrons. The van der Waals surface area contributed by atoms with Crippen molar-refractivity contribution in [1.82, 2.24) is 0 Å². The van der Waals surface area contributed by atoms with Crippen molar-refractivity contribution in [3.63, 3.8) is 0 Å². The molecular formula is C57H44O. The van der Waals surface area contributed by atoms with Crippen molar-refractivity contribution in [3.8, 4) is 67.2 Å². The molecule has 0 fully saturated rings. The number of rotatable bonds is 3. The van der Waals surface area contributed by atoms with Crippen LogP contribution in [0.2, 0.25) is 0 Å². The van der Waals surface area contributed by atoms with Crippen LogP contribution in [-0.2, 0) is 16.2 Å². The van der Waals surface area contributed by atoms with Crippen LogP contribution in [0.1, 0.15) is 74.9 Å². The van der Waals surface area contributed by atoms with Gasteiger partial charge in [-0.15, -0.1) is 0 Å². The highest BCUT2D eigenvalue weighted by molar-refractivity contribution is 6.09. The zero-order valence-electron chi connectivity index (χ0n) is 33.9. The van der Waals surface area contributed by atoms with E-state index in [9.17, 15) is 0 Å². The Morgan fingerprint density at radius 1 is 0.310 bits per heavy atom. The topological polar surface area (TPSA) is 13.1 Å². The van der Waals surface area contributed by atoms with Crippen LogP contribution in [0.4, 0.5) is 0 Å². The third kappa shape index (κ3) is 4.37. The van der Waals surface area contributed by atoms with E-state index in [1.807, 2.05) is 0 Å². The molecule has 0 aliphatic heterocycles. The van der Waals surface area contributed by atoms with Gasteiger partial charge in [0.2, 0.25) is 0 Å². The van der Waals surface area contributed by atoms with Gasteiger partial charge < -0.3 is 4.42 Å². The van der Waals surface area contributed by atoms with E-state index in [0.717, 1.165) is 22.6 Å². The van der Waals surface area contributed by atoms with Crippen LogP contribution in [0.3, 0.4) is 0 Å². The number of hydrogen-bond acceptors (Lipinski definition) is 1. The number of fused-ring (bicyclic) bond motifs is 13. The lowest BCUT2D eigenvalue weighted by Gasteiger charge is -2.24. The largest absolute Gasteiger partial charge is 0.456 e. The summed E-state index contributed by atoms with van der Waals surface area (Å²) >= 11 is 0. The zero-order valence-corrected chi connectivity index (χ0v) is 33.9. The first kappa shape index (κ1) is 33.7. The number of benzene rings is 8. The summed E-state index contributed by atoms with van der Waals surface area (Å²) < 4.78 is 6.79. The molecular weight excluding hydrogens is 701 g/mol. The molecule has 0 bridgehead atoms. The summed E-state index contributed by atoms with van der Waals surface area (Å²) in [4.78, 5) is 0. The zero-order chi connectivity index (χ0) is 39.3. The molecule has 1 aromatic heterocycles. The maximum Gasteiger partial charge on any atom is 0.134 e. The first-order valence-electron chi connectivity index (χ1n) is 20.8. The average Bonchev–Trinajstić information content (AvgIpc) is 3.95. The highest BCUT2D eigenvalue weighted by Crippen LogP contribution is 2.58. The minimum absolute atomic E-state index is 0.0738. The Labute approximate surface area is 340 Å². The predicted molar refractivity (Wildman–Crippen MR) is 243 cm³/mol. The summed E-state index contributed by atoms with van der Waals surface area (Å²) in [6, 6.07) is 58.9. The summed E-state index contributed by atoms with van der Waals surface area (Å²) in [6.07, 6.45) is 0. The fraction of sp³-hybridized carbons (Fsp3) is 0.158. The molecule has 9 aromatic rings. The molecule has 1 heteroatoms. The van der Waals surface area contributed by atoms with Crippen molar-refractivity contribution in [2.45, 2.75) is 57.8 Å². The van der Waals surface area contributed by atoms with Crippen LogP contribution in [0.15, 0.2) is 162 Å². The van der Waals surface area contributed by atoms with E-state index in [0.29, 0.717) is 0 Å². The Hall–Kier alpha value is -6.44. The molecule has 0 unspecified atom stereocenters. The first-order chi connectivity index (χ1) is 28.0. The SMILES string of the molecule is CC1(C)c2cc(-c3ccc(-c4ccc5c(c4)C(C)(C)c4cc(-c6ccccc6)c6ccccc6c4-5)o3)ccc2-c2cc3c(cc21)-c1c(ccc2ccccc12)C3(C)C. The molecule has 12 rings (SSSR count). The Balaban J connectivity index is 0.917. The van der Waals surface area contributed by atoms with Crippen LogP contribution in [0.25, 0.3) is 88.7 Å². The molecule has 3 aliphatic rings. The van der Waals surface area contributed by atoms with Gasteiger partial charge in [0.05, 0.1) is 0 Å². The second-order valence-corrected chi connectivity index (χ2v) is 18.5. The molecule has 0 saturated carbocycles.